The van der Waals surface area contributed by atoms with Crippen molar-refractivity contribution >= 4 is 22.9 Å². The molecule has 0 atom stereocenters. The molecule has 18 heavy (non-hydrogen) atoms. The lowest BCUT2D eigenvalue weighted by atomic mass is 10.2. The van der Waals surface area contributed by atoms with E-state index in [1.165, 1.54) is 0 Å². The van der Waals surface area contributed by atoms with Crippen LogP contribution in [0.4, 0.5) is 5.69 Å². The molecule has 0 spiro atoms. The van der Waals surface area contributed by atoms with Gasteiger partial charge < -0.3 is 15.2 Å². The van der Waals surface area contributed by atoms with Crippen LogP contribution in [-0.2, 0) is 13.6 Å². The molecule has 4 nitrogen and oxygen atoms in total. The second-order valence-corrected chi connectivity index (χ2v) is 4.66. The lowest BCUT2D eigenvalue weighted by molar-refractivity contribution is 0.762. The number of rotatable bonds is 4. The minimum Gasteiger partial charge on any atom is -0.389 e. The zero-order valence-electron chi connectivity index (χ0n) is 10.5. The Balaban J connectivity index is 2.12. The van der Waals surface area contributed by atoms with Crippen LogP contribution in [0.25, 0.3) is 0 Å². The quantitative estimate of drug-likeness (QED) is 0.850. The molecule has 2 N–H and O–H groups in total. The van der Waals surface area contributed by atoms with Crippen LogP contribution in [0.2, 0.25) is 0 Å². The lowest BCUT2D eigenvalue weighted by Crippen LogP contribution is -2.19. The third-order valence-corrected chi connectivity index (χ3v) is 3.13. The normalized spacial score (nSPS) is 10.3. The minimum atomic E-state index is 0.424. The molecule has 0 aliphatic carbocycles. The highest BCUT2D eigenvalue weighted by Gasteiger charge is 2.06. The summed E-state index contributed by atoms with van der Waals surface area (Å²) in [5.41, 5.74) is 7.57. The number of nitrogens with zero attached hydrogens (tertiary/aromatic N) is 3. The lowest BCUT2D eigenvalue weighted by Gasteiger charge is -2.19. The Morgan fingerprint density at radius 2 is 2.06 bits per heavy atom. The summed E-state index contributed by atoms with van der Waals surface area (Å²) in [5, 5.41) is 0. The summed E-state index contributed by atoms with van der Waals surface area (Å²) in [5.74, 6) is 1.02. The smallest absolute Gasteiger partial charge is 0.127 e. The van der Waals surface area contributed by atoms with Crippen LogP contribution in [0.5, 0.6) is 0 Å². The molecule has 0 saturated heterocycles. The summed E-state index contributed by atoms with van der Waals surface area (Å²) in [6.07, 6.45) is 3.75. The molecular formula is C13H16N4S. The van der Waals surface area contributed by atoms with Crippen molar-refractivity contribution < 1.29 is 0 Å². The molecule has 0 bridgehead atoms. The number of aryl methyl sites for hydroxylation is 1. The van der Waals surface area contributed by atoms with E-state index in [1.807, 2.05) is 49.1 Å². The Kier molecular flexibility index (Phi) is 3.62. The van der Waals surface area contributed by atoms with Gasteiger partial charge in [-0.05, 0) is 24.3 Å². The van der Waals surface area contributed by atoms with Gasteiger partial charge in [-0.25, -0.2) is 4.98 Å². The van der Waals surface area contributed by atoms with Gasteiger partial charge in [0.1, 0.15) is 10.8 Å². The second kappa shape index (κ2) is 5.18. The first-order chi connectivity index (χ1) is 8.58. The average Bonchev–Trinajstić information content (AvgIpc) is 2.75. The molecule has 0 amide bonds. The van der Waals surface area contributed by atoms with Crippen LogP contribution in [0, 0.1) is 0 Å². The van der Waals surface area contributed by atoms with Gasteiger partial charge in [0.15, 0.2) is 0 Å². The maximum absolute atomic E-state index is 5.57. The number of thiocarbonyl (C=S) groups is 1. The summed E-state index contributed by atoms with van der Waals surface area (Å²) < 4.78 is 2.01. The van der Waals surface area contributed by atoms with Gasteiger partial charge in [-0.1, -0.05) is 12.2 Å². The van der Waals surface area contributed by atoms with Crippen molar-refractivity contribution in [2.75, 3.05) is 11.9 Å². The van der Waals surface area contributed by atoms with Crippen molar-refractivity contribution in [2.24, 2.45) is 12.8 Å². The van der Waals surface area contributed by atoms with Crippen molar-refractivity contribution in [1.29, 1.82) is 0 Å². The SMILES string of the molecule is CN(Cc1nccn1C)c1ccc(C(N)=S)cc1. The molecule has 0 radical (unpaired) electrons. The van der Waals surface area contributed by atoms with Gasteiger partial charge in [0.2, 0.25) is 0 Å². The fourth-order valence-electron chi connectivity index (χ4n) is 1.73. The Morgan fingerprint density at radius 3 is 2.56 bits per heavy atom. The predicted octanol–water partition coefficient (Wildman–Crippen LogP) is 1.69. The van der Waals surface area contributed by atoms with E-state index in [0.717, 1.165) is 23.6 Å². The van der Waals surface area contributed by atoms with Crippen LogP contribution in [-0.4, -0.2) is 21.6 Å². The Hall–Kier alpha value is -1.88. The number of hydrogen-bond acceptors (Lipinski definition) is 3. The minimum absolute atomic E-state index is 0.424. The van der Waals surface area contributed by atoms with Crippen molar-refractivity contribution in [1.82, 2.24) is 9.55 Å². The Bertz CT molecular complexity index is 544. The maximum atomic E-state index is 5.57. The van der Waals surface area contributed by atoms with Gasteiger partial charge in [-0.15, -0.1) is 0 Å². The fraction of sp³-hybridized carbons (Fsp3) is 0.231. The molecule has 2 aromatic rings. The van der Waals surface area contributed by atoms with Gasteiger partial charge in [0.25, 0.3) is 0 Å². The molecule has 0 unspecified atom stereocenters. The molecule has 0 fully saturated rings. The third kappa shape index (κ3) is 2.68. The van der Waals surface area contributed by atoms with Crippen molar-refractivity contribution in [3.8, 4) is 0 Å². The van der Waals surface area contributed by atoms with Gasteiger partial charge in [-0.3, -0.25) is 0 Å². The maximum Gasteiger partial charge on any atom is 0.127 e. The molecule has 1 heterocycles. The van der Waals surface area contributed by atoms with Crippen molar-refractivity contribution in [2.45, 2.75) is 6.54 Å². The van der Waals surface area contributed by atoms with Crippen LogP contribution < -0.4 is 10.6 Å². The number of nitrogens with two attached hydrogens (primary N) is 1. The van der Waals surface area contributed by atoms with E-state index in [9.17, 15) is 0 Å². The van der Waals surface area contributed by atoms with Crippen LogP contribution >= 0.6 is 12.2 Å². The number of anilines is 1. The molecule has 0 saturated carbocycles. The first-order valence-corrected chi connectivity index (χ1v) is 6.06. The highest BCUT2D eigenvalue weighted by Crippen LogP contribution is 2.15. The molecule has 94 valence electrons. The molecule has 1 aromatic heterocycles. The highest BCUT2D eigenvalue weighted by atomic mass is 32.1. The van der Waals surface area contributed by atoms with Gasteiger partial charge in [0.05, 0.1) is 6.54 Å². The van der Waals surface area contributed by atoms with Gasteiger partial charge >= 0.3 is 0 Å². The molecule has 1 aromatic carbocycles. The first kappa shape index (κ1) is 12.6. The third-order valence-electron chi connectivity index (χ3n) is 2.89. The van der Waals surface area contributed by atoms with Crippen molar-refractivity contribution in [3.63, 3.8) is 0 Å². The number of aromatic nitrogens is 2. The largest absolute Gasteiger partial charge is 0.389 e. The summed E-state index contributed by atoms with van der Waals surface area (Å²) >= 11 is 4.93. The molecular weight excluding hydrogens is 244 g/mol. The second-order valence-electron chi connectivity index (χ2n) is 4.22. The standard InChI is InChI=1S/C13H16N4S/c1-16-8-7-15-12(16)9-17(2)11-5-3-10(4-6-11)13(14)18/h3-8H,9H2,1-2H3,(H2,14,18). The summed E-state index contributed by atoms with van der Waals surface area (Å²) in [6, 6.07) is 7.90. The zero-order valence-corrected chi connectivity index (χ0v) is 11.3. The van der Waals surface area contributed by atoms with Gasteiger partial charge in [-0.2, -0.15) is 0 Å². The molecule has 0 aliphatic rings. The number of benzene rings is 1. The van der Waals surface area contributed by atoms with E-state index in [2.05, 4.69) is 9.88 Å². The van der Waals surface area contributed by atoms with Crippen LogP contribution in [0.3, 0.4) is 0 Å². The van der Waals surface area contributed by atoms with E-state index in [1.54, 1.807) is 6.20 Å². The zero-order chi connectivity index (χ0) is 13.1. The predicted molar refractivity (Wildman–Crippen MR) is 77.6 cm³/mol. The molecule has 0 aliphatic heterocycles. The summed E-state index contributed by atoms with van der Waals surface area (Å²) in [4.78, 5) is 6.86. The fourth-order valence-corrected chi connectivity index (χ4v) is 1.87. The Morgan fingerprint density at radius 1 is 1.39 bits per heavy atom. The van der Waals surface area contributed by atoms with E-state index in [4.69, 9.17) is 18.0 Å². The number of imidazole rings is 1. The molecule has 2 rings (SSSR count). The summed E-state index contributed by atoms with van der Waals surface area (Å²) in [6.45, 7) is 0.760. The number of hydrogen-bond donors (Lipinski definition) is 1. The van der Waals surface area contributed by atoms with E-state index >= 15 is 0 Å². The van der Waals surface area contributed by atoms with E-state index < -0.39 is 0 Å². The average molecular weight is 260 g/mol. The van der Waals surface area contributed by atoms with Crippen LogP contribution in [0.15, 0.2) is 36.7 Å². The van der Waals surface area contributed by atoms with Crippen LogP contribution in [0.1, 0.15) is 11.4 Å². The van der Waals surface area contributed by atoms with E-state index in [-0.39, 0.29) is 0 Å². The van der Waals surface area contributed by atoms with Crippen molar-refractivity contribution in [3.05, 3.63) is 48.0 Å². The highest BCUT2D eigenvalue weighted by molar-refractivity contribution is 7.80. The first-order valence-electron chi connectivity index (χ1n) is 5.65. The summed E-state index contributed by atoms with van der Waals surface area (Å²) in [7, 11) is 4.02. The molecule has 5 heteroatoms. The van der Waals surface area contributed by atoms with Gasteiger partial charge in [0, 0.05) is 37.7 Å². The van der Waals surface area contributed by atoms with E-state index in [0.29, 0.717) is 4.99 Å². The topological polar surface area (TPSA) is 47.1 Å². The Labute approximate surface area is 112 Å². The monoisotopic (exact) mass is 260 g/mol.